The second-order valence-corrected chi connectivity index (χ2v) is 9.40. The molecule has 1 rings (SSSR count). The third-order valence-electron chi connectivity index (χ3n) is 3.90. The molecule has 0 radical (unpaired) electrons. The normalized spacial score (nSPS) is 13.2. The number of thiazole rings is 1. The minimum Gasteiger partial charge on any atom is -0.444 e. The number of carbonyl (C=O) groups excluding carboxylic acids is 1. The number of amides is 1. The predicted molar refractivity (Wildman–Crippen MR) is 117 cm³/mol. The summed E-state index contributed by atoms with van der Waals surface area (Å²) in [6, 6.07) is 0. The van der Waals surface area contributed by atoms with Crippen molar-refractivity contribution in [3.8, 4) is 0 Å². The smallest absolute Gasteiger partial charge is 0.410 e. The molecule has 0 fully saturated rings. The molecule has 1 aromatic heterocycles. The summed E-state index contributed by atoms with van der Waals surface area (Å²) in [7, 11) is 1.76. The maximum absolute atomic E-state index is 12.1. The van der Waals surface area contributed by atoms with Crippen LogP contribution in [0.15, 0.2) is 4.99 Å². The van der Waals surface area contributed by atoms with E-state index < -0.39 is 5.60 Å². The summed E-state index contributed by atoms with van der Waals surface area (Å²) in [5.41, 5.74) is 0.632. The van der Waals surface area contributed by atoms with Crippen LogP contribution in [0, 0.1) is 19.8 Å². The molecule has 0 aliphatic carbocycles. The first-order chi connectivity index (χ1) is 13.0. The van der Waals surface area contributed by atoms with Crippen LogP contribution in [0.2, 0.25) is 0 Å². The lowest BCUT2D eigenvalue weighted by Gasteiger charge is -2.26. The van der Waals surface area contributed by atoms with Crippen LogP contribution in [0.5, 0.6) is 0 Å². The molecular formula is C20H37N5O2S. The molecule has 28 heavy (non-hydrogen) atoms. The molecule has 0 aliphatic heterocycles. The first-order valence-corrected chi connectivity index (χ1v) is 10.7. The molecular weight excluding hydrogens is 374 g/mol. The highest BCUT2D eigenvalue weighted by Crippen LogP contribution is 2.16. The van der Waals surface area contributed by atoms with Crippen molar-refractivity contribution < 1.29 is 9.53 Å². The molecule has 0 aromatic carbocycles. The monoisotopic (exact) mass is 411 g/mol. The van der Waals surface area contributed by atoms with Gasteiger partial charge < -0.3 is 20.3 Å². The van der Waals surface area contributed by atoms with Crippen molar-refractivity contribution in [1.29, 1.82) is 0 Å². The van der Waals surface area contributed by atoms with E-state index in [1.165, 1.54) is 4.88 Å². The molecule has 160 valence electrons. The first-order valence-electron chi connectivity index (χ1n) is 9.91. The highest BCUT2D eigenvalue weighted by atomic mass is 32.1. The van der Waals surface area contributed by atoms with Gasteiger partial charge in [0.05, 0.1) is 10.7 Å². The van der Waals surface area contributed by atoms with E-state index in [0.717, 1.165) is 36.2 Å². The van der Waals surface area contributed by atoms with E-state index in [1.807, 2.05) is 34.6 Å². The minimum atomic E-state index is -0.483. The third-order valence-corrected chi connectivity index (χ3v) is 5.03. The Bertz CT molecular complexity index is 632. The van der Waals surface area contributed by atoms with Crippen LogP contribution in [0.1, 0.15) is 50.2 Å². The fourth-order valence-electron chi connectivity index (χ4n) is 2.46. The number of carbonyl (C=O) groups is 1. The van der Waals surface area contributed by atoms with Gasteiger partial charge in [-0.05, 0) is 47.5 Å². The van der Waals surface area contributed by atoms with E-state index in [2.05, 4.69) is 34.5 Å². The SMILES string of the molecule is CCNC(=NCC(C)CN(C)C(=O)OC(C)(C)C)NCCc1nc(C)c(C)s1. The fraction of sp³-hybridized carbons (Fsp3) is 0.750. The van der Waals surface area contributed by atoms with Crippen LogP contribution >= 0.6 is 11.3 Å². The number of guanidine groups is 1. The molecule has 1 aromatic rings. The predicted octanol–water partition coefficient (Wildman–Crippen LogP) is 3.36. The van der Waals surface area contributed by atoms with Gasteiger partial charge in [0.1, 0.15) is 5.60 Å². The number of aromatic nitrogens is 1. The molecule has 0 spiro atoms. The third kappa shape index (κ3) is 9.39. The van der Waals surface area contributed by atoms with Crippen LogP contribution in [0.4, 0.5) is 4.79 Å². The van der Waals surface area contributed by atoms with Gasteiger partial charge in [-0.2, -0.15) is 0 Å². The number of rotatable bonds is 8. The highest BCUT2D eigenvalue weighted by molar-refractivity contribution is 7.11. The van der Waals surface area contributed by atoms with Gasteiger partial charge in [0.15, 0.2) is 5.96 Å². The highest BCUT2D eigenvalue weighted by Gasteiger charge is 2.20. The number of aliphatic imine (C=N–C) groups is 1. The van der Waals surface area contributed by atoms with E-state index in [-0.39, 0.29) is 12.0 Å². The topological polar surface area (TPSA) is 78.9 Å². The number of aryl methyl sites for hydroxylation is 2. The number of nitrogens with one attached hydrogen (secondary N) is 2. The van der Waals surface area contributed by atoms with Crippen molar-refractivity contribution in [2.24, 2.45) is 10.9 Å². The van der Waals surface area contributed by atoms with Gasteiger partial charge >= 0.3 is 6.09 Å². The van der Waals surface area contributed by atoms with Crippen molar-refractivity contribution >= 4 is 23.4 Å². The quantitative estimate of drug-likeness (QED) is 0.506. The van der Waals surface area contributed by atoms with Crippen LogP contribution in [-0.2, 0) is 11.2 Å². The molecule has 0 bridgehead atoms. The Kier molecular flexibility index (Phi) is 9.72. The van der Waals surface area contributed by atoms with Crippen molar-refractivity contribution in [1.82, 2.24) is 20.5 Å². The van der Waals surface area contributed by atoms with E-state index >= 15 is 0 Å². The lowest BCUT2D eigenvalue weighted by molar-refractivity contribution is 0.0279. The zero-order valence-electron chi connectivity index (χ0n) is 18.7. The number of nitrogens with zero attached hydrogens (tertiary/aromatic N) is 3. The number of hydrogen-bond donors (Lipinski definition) is 2. The van der Waals surface area contributed by atoms with Gasteiger partial charge in [0, 0.05) is 44.5 Å². The van der Waals surface area contributed by atoms with Gasteiger partial charge in [-0.15, -0.1) is 11.3 Å². The van der Waals surface area contributed by atoms with Crippen LogP contribution < -0.4 is 10.6 Å². The van der Waals surface area contributed by atoms with Crippen molar-refractivity contribution in [2.75, 3.05) is 33.2 Å². The van der Waals surface area contributed by atoms with Crippen LogP contribution in [0.3, 0.4) is 0 Å². The zero-order valence-corrected chi connectivity index (χ0v) is 19.5. The molecule has 0 saturated carbocycles. The van der Waals surface area contributed by atoms with E-state index in [1.54, 1.807) is 23.3 Å². The largest absolute Gasteiger partial charge is 0.444 e. The first kappa shape index (κ1) is 24.2. The maximum atomic E-state index is 12.1. The molecule has 1 heterocycles. The van der Waals surface area contributed by atoms with E-state index in [9.17, 15) is 4.79 Å². The Morgan fingerprint density at radius 1 is 1.32 bits per heavy atom. The maximum Gasteiger partial charge on any atom is 0.410 e. The van der Waals surface area contributed by atoms with Gasteiger partial charge in [0.2, 0.25) is 0 Å². The molecule has 0 saturated heterocycles. The number of hydrogen-bond acceptors (Lipinski definition) is 5. The Morgan fingerprint density at radius 3 is 2.54 bits per heavy atom. The van der Waals surface area contributed by atoms with Gasteiger partial charge in [-0.1, -0.05) is 6.92 Å². The Morgan fingerprint density at radius 2 is 2.00 bits per heavy atom. The van der Waals surface area contributed by atoms with Gasteiger partial charge in [0.25, 0.3) is 0 Å². The molecule has 8 heteroatoms. The summed E-state index contributed by atoms with van der Waals surface area (Å²) in [6.45, 7) is 16.7. The molecule has 7 nitrogen and oxygen atoms in total. The lowest BCUT2D eigenvalue weighted by atomic mass is 10.2. The Hall–Kier alpha value is -1.83. The second kappa shape index (κ2) is 11.2. The Balaban J connectivity index is 2.47. The summed E-state index contributed by atoms with van der Waals surface area (Å²) in [5.74, 6) is 1.01. The fourth-order valence-corrected chi connectivity index (χ4v) is 3.40. The van der Waals surface area contributed by atoms with Gasteiger partial charge in [-0.25, -0.2) is 9.78 Å². The summed E-state index contributed by atoms with van der Waals surface area (Å²) in [4.78, 5) is 24.2. The number of ether oxygens (including phenoxy) is 1. The molecule has 1 unspecified atom stereocenters. The summed E-state index contributed by atoms with van der Waals surface area (Å²) < 4.78 is 5.39. The van der Waals surface area contributed by atoms with Crippen molar-refractivity contribution in [3.63, 3.8) is 0 Å². The molecule has 2 N–H and O–H groups in total. The summed E-state index contributed by atoms with van der Waals surface area (Å²) in [6.07, 6.45) is 0.572. The molecule has 0 aliphatic rings. The van der Waals surface area contributed by atoms with E-state index in [0.29, 0.717) is 13.1 Å². The zero-order chi connectivity index (χ0) is 21.3. The average molecular weight is 412 g/mol. The Labute approximate surface area is 174 Å². The lowest BCUT2D eigenvalue weighted by Crippen LogP contribution is -2.39. The molecule has 1 amide bonds. The second-order valence-electron chi connectivity index (χ2n) is 8.11. The minimum absolute atomic E-state index is 0.220. The summed E-state index contributed by atoms with van der Waals surface area (Å²) in [5, 5.41) is 7.77. The summed E-state index contributed by atoms with van der Waals surface area (Å²) >= 11 is 1.75. The molecule has 1 atom stereocenters. The van der Waals surface area contributed by atoms with E-state index in [4.69, 9.17) is 4.74 Å². The van der Waals surface area contributed by atoms with Crippen LogP contribution in [0.25, 0.3) is 0 Å². The van der Waals surface area contributed by atoms with Gasteiger partial charge in [-0.3, -0.25) is 4.99 Å². The van der Waals surface area contributed by atoms with Crippen molar-refractivity contribution in [2.45, 2.75) is 60.5 Å². The average Bonchev–Trinajstić information content (AvgIpc) is 2.89. The van der Waals surface area contributed by atoms with Crippen LogP contribution in [-0.4, -0.2) is 60.8 Å². The van der Waals surface area contributed by atoms with Crippen molar-refractivity contribution in [3.05, 3.63) is 15.6 Å². The standard InChI is InChI=1S/C20H37N5O2S/c1-9-21-18(22-11-10-17-24-15(3)16(4)28-17)23-12-14(2)13-25(8)19(26)27-20(5,6)7/h14H,9-13H2,1-8H3,(H2,21,22,23).